The van der Waals surface area contributed by atoms with Gasteiger partial charge in [0.25, 0.3) is 0 Å². The molecule has 0 amide bonds. The maximum Gasteiger partial charge on any atom is 0.115 e. The van der Waals surface area contributed by atoms with Crippen LogP contribution in [0.5, 0.6) is 5.75 Å². The summed E-state index contributed by atoms with van der Waals surface area (Å²) in [6.07, 6.45) is 2.11. The molecular formula is C16H16N2O. The van der Waals surface area contributed by atoms with Crippen molar-refractivity contribution in [3.8, 4) is 5.75 Å². The number of rotatable bonds is 3. The van der Waals surface area contributed by atoms with Gasteiger partial charge in [0, 0.05) is 30.2 Å². The Labute approximate surface area is 111 Å². The normalized spacial score (nSPS) is 11.0. The van der Waals surface area contributed by atoms with Crippen molar-refractivity contribution in [2.24, 2.45) is 5.73 Å². The van der Waals surface area contributed by atoms with Gasteiger partial charge in [0.15, 0.2) is 0 Å². The van der Waals surface area contributed by atoms with Crippen molar-refractivity contribution in [1.82, 2.24) is 4.57 Å². The molecule has 0 aliphatic rings. The van der Waals surface area contributed by atoms with E-state index in [9.17, 15) is 5.11 Å². The molecule has 0 fully saturated rings. The van der Waals surface area contributed by atoms with Crippen LogP contribution in [0.2, 0.25) is 0 Å². The molecule has 0 aliphatic carbocycles. The zero-order valence-electron chi connectivity index (χ0n) is 10.6. The first-order valence-corrected chi connectivity index (χ1v) is 6.32. The van der Waals surface area contributed by atoms with Crippen molar-refractivity contribution in [2.45, 2.75) is 13.1 Å². The summed E-state index contributed by atoms with van der Waals surface area (Å²) in [7, 11) is 0. The second-order valence-corrected chi connectivity index (χ2v) is 4.67. The number of nitrogens with zero attached hydrogens (tertiary/aromatic N) is 1. The average Bonchev–Trinajstić information content (AvgIpc) is 2.80. The molecule has 0 radical (unpaired) electrons. The van der Waals surface area contributed by atoms with Crippen molar-refractivity contribution >= 4 is 10.9 Å². The van der Waals surface area contributed by atoms with Crippen molar-refractivity contribution < 1.29 is 5.11 Å². The third-order valence-electron chi connectivity index (χ3n) is 3.38. The van der Waals surface area contributed by atoms with Crippen LogP contribution in [-0.2, 0) is 13.1 Å². The molecule has 0 atom stereocenters. The molecule has 0 spiro atoms. The molecule has 19 heavy (non-hydrogen) atoms. The van der Waals surface area contributed by atoms with Gasteiger partial charge in [-0.1, -0.05) is 30.3 Å². The van der Waals surface area contributed by atoms with Gasteiger partial charge < -0.3 is 15.4 Å². The van der Waals surface area contributed by atoms with Crippen LogP contribution in [0.4, 0.5) is 0 Å². The predicted molar refractivity (Wildman–Crippen MR) is 77.0 cm³/mol. The minimum atomic E-state index is 0.295. The molecular weight excluding hydrogens is 236 g/mol. The highest BCUT2D eigenvalue weighted by molar-refractivity contribution is 5.84. The lowest BCUT2D eigenvalue weighted by molar-refractivity contribution is 0.475. The van der Waals surface area contributed by atoms with E-state index in [1.165, 1.54) is 10.9 Å². The van der Waals surface area contributed by atoms with E-state index in [1.54, 1.807) is 12.1 Å². The van der Waals surface area contributed by atoms with E-state index in [0.29, 0.717) is 12.3 Å². The maximum atomic E-state index is 9.31. The predicted octanol–water partition coefficient (Wildman–Crippen LogP) is 2.85. The third-order valence-corrected chi connectivity index (χ3v) is 3.38. The van der Waals surface area contributed by atoms with Gasteiger partial charge in [0.1, 0.15) is 5.75 Å². The first-order chi connectivity index (χ1) is 9.28. The van der Waals surface area contributed by atoms with Crippen LogP contribution < -0.4 is 5.73 Å². The Balaban J connectivity index is 2.03. The topological polar surface area (TPSA) is 51.2 Å². The second-order valence-electron chi connectivity index (χ2n) is 4.67. The van der Waals surface area contributed by atoms with Gasteiger partial charge in [-0.15, -0.1) is 0 Å². The van der Waals surface area contributed by atoms with Gasteiger partial charge in [0.05, 0.1) is 0 Å². The molecule has 3 aromatic rings. The molecule has 2 aromatic carbocycles. The largest absolute Gasteiger partial charge is 0.508 e. The lowest BCUT2D eigenvalue weighted by atomic mass is 10.2. The van der Waals surface area contributed by atoms with Gasteiger partial charge in [-0.25, -0.2) is 0 Å². The molecule has 1 heterocycles. The quantitative estimate of drug-likeness (QED) is 0.753. The Kier molecular flexibility index (Phi) is 2.97. The number of benzene rings is 2. The van der Waals surface area contributed by atoms with E-state index in [-0.39, 0.29) is 0 Å². The smallest absolute Gasteiger partial charge is 0.115 e. The zero-order chi connectivity index (χ0) is 13.2. The standard InChI is InChI=1S/C16H16N2O/c17-9-13-11-18(16-4-2-1-3-15(13)16)10-12-5-7-14(19)8-6-12/h1-8,11,19H,9-10,17H2. The van der Waals surface area contributed by atoms with Gasteiger partial charge >= 0.3 is 0 Å². The Bertz CT molecular complexity index is 698. The molecule has 1 aromatic heterocycles. The maximum absolute atomic E-state index is 9.31. The Morgan fingerprint density at radius 2 is 1.74 bits per heavy atom. The van der Waals surface area contributed by atoms with Crippen molar-refractivity contribution in [3.05, 3.63) is 65.9 Å². The number of phenols is 1. The number of phenolic OH excluding ortho intramolecular Hbond substituents is 1. The molecule has 3 rings (SSSR count). The molecule has 0 unspecified atom stereocenters. The molecule has 0 saturated heterocycles. The van der Waals surface area contributed by atoms with Crippen LogP contribution in [0, 0.1) is 0 Å². The fraction of sp³-hybridized carbons (Fsp3) is 0.125. The fourth-order valence-electron chi connectivity index (χ4n) is 2.41. The van der Waals surface area contributed by atoms with Crippen LogP contribution in [0.15, 0.2) is 54.7 Å². The van der Waals surface area contributed by atoms with Crippen LogP contribution in [-0.4, -0.2) is 9.67 Å². The summed E-state index contributed by atoms with van der Waals surface area (Å²) in [5, 5.41) is 10.5. The van der Waals surface area contributed by atoms with Crippen LogP contribution in [0.1, 0.15) is 11.1 Å². The Hall–Kier alpha value is -2.26. The minimum Gasteiger partial charge on any atom is -0.508 e. The summed E-state index contributed by atoms with van der Waals surface area (Å²) in [5.74, 6) is 0.295. The molecule has 0 aliphatic heterocycles. The summed E-state index contributed by atoms with van der Waals surface area (Å²) in [6.45, 7) is 1.32. The number of aromatic hydroxyl groups is 1. The monoisotopic (exact) mass is 252 g/mol. The van der Waals surface area contributed by atoms with Crippen molar-refractivity contribution in [1.29, 1.82) is 0 Å². The van der Waals surface area contributed by atoms with Crippen LogP contribution >= 0.6 is 0 Å². The lowest BCUT2D eigenvalue weighted by Gasteiger charge is -2.05. The number of hydrogen-bond donors (Lipinski definition) is 2. The first kappa shape index (κ1) is 11.8. The molecule has 3 N–H and O–H groups in total. The van der Waals surface area contributed by atoms with E-state index < -0.39 is 0 Å². The van der Waals surface area contributed by atoms with E-state index in [1.807, 2.05) is 24.3 Å². The van der Waals surface area contributed by atoms with E-state index >= 15 is 0 Å². The van der Waals surface area contributed by atoms with Gasteiger partial charge in [-0.2, -0.15) is 0 Å². The second kappa shape index (κ2) is 4.78. The molecule has 3 heteroatoms. The van der Waals surface area contributed by atoms with E-state index in [0.717, 1.165) is 17.7 Å². The van der Waals surface area contributed by atoms with Crippen molar-refractivity contribution in [2.75, 3.05) is 0 Å². The van der Waals surface area contributed by atoms with Gasteiger partial charge in [-0.05, 0) is 29.3 Å². The Morgan fingerprint density at radius 1 is 1.00 bits per heavy atom. The highest BCUT2D eigenvalue weighted by Gasteiger charge is 2.06. The van der Waals surface area contributed by atoms with E-state index in [4.69, 9.17) is 5.73 Å². The lowest BCUT2D eigenvalue weighted by Crippen LogP contribution is -1.98. The number of aromatic nitrogens is 1. The third kappa shape index (κ3) is 2.20. The summed E-state index contributed by atoms with van der Waals surface area (Å²) in [5.41, 5.74) is 9.30. The molecule has 0 saturated carbocycles. The summed E-state index contributed by atoms with van der Waals surface area (Å²) < 4.78 is 2.20. The fourth-order valence-corrected chi connectivity index (χ4v) is 2.41. The molecule has 96 valence electrons. The van der Waals surface area contributed by atoms with Crippen LogP contribution in [0.25, 0.3) is 10.9 Å². The average molecular weight is 252 g/mol. The number of para-hydroxylation sites is 1. The number of fused-ring (bicyclic) bond motifs is 1. The zero-order valence-corrected chi connectivity index (χ0v) is 10.6. The number of nitrogens with two attached hydrogens (primary N) is 1. The van der Waals surface area contributed by atoms with Gasteiger partial charge in [0.2, 0.25) is 0 Å². The minimum absolute atomic E-state index is 0.295. The van der Waals surface area contributed by atoms with E-state index in [2.05, 4.69) is 22.9 Å². The summed E-state index contributed by atoms with van der Waals surface area (Å²) in [6, 6.07) is 15.6. The summed E-state index contributed by atoms with van der Waals surface area (Å²) >= 11 is 0. The highest BCUT2D eigenvalue weighted by Crippen LogP contribution is 2.22. The number of hydrogen-bond acceptors (Lipinski definition) is 2. The molecule has 3 nitrogen and oxygen atoms in total. The SMILES string of the molecule is NCc1cn(Cc2ccc(O)cc2)c2ccccc12. The first-order valence-electron chi connectivity index (χ1n) is 6.32. The summed E-state index contributed by atoms with van der Waals surface area (Å²) in [4.78, 5) is 0. The van der Waals surface area contributed by atoms with Crippen molar-refractivity contribution in [3.63, 3.8) is 0 Å². The highest BCUT2D eigenvalue weighted by atomic mass is 16.3. The molecule has 0 bridgehead atoms. The Morgan fingerprint density at radius 3 is 2.47 bits per heavy atom. The van der Waals surface area contributed by atoms with Crippen LogP contribution in [0.3, 0.4) is 0 Å². The van der Waals surface area contributed by atoms with Gasteiger partial charge in [-0.3, -0.25) is 0 Å².